The van der Waals surface area contributed by atoms with E-state index in [9.17, 15) is 8.78 Å². The average Bonchev–Trinajstić information content (AvgIpc) is 2.74. The van der Waals surface area contributed by atoms with Crippen molar-refractivity contribution in [3.8, 4) is 0 Å². The molecule has 0 radical (unpaired) electrons. The summed E-state index contributed by atoms with van der Waals surface area (Å²) in [5.74, 6) is -6.83. The monoisotopic (exact) mass is 380 g/mol. The van der Waals surface area contributed by atoms with Gasteiger partial charge in [0.15, 0.2) is 23.3 Å². The van der Waals surface area contributed by atoms with E-state index in [1.807, 2.05) is 68.5 Å². The Morgan fingerprint density at radius 2 is 1.29 bits per heavy atom. The highest BCUT2D eigenvalue weighted by atomic mass is 19.2. The van der Waals surface area contributed by atoms with Crippen LogP contribution in [0.5, 0.6) is 0 Å². The highest BCUT2D eigenvalue weighted by molar-refractivity contribution is 5.76. The van der Waals surface area contributed by atoms with Crippen LogP contribution in [0, 0.1) is 23.3 Å². The SMILES string of the molecule is C/C=C(\C)C12c3ccccc3C(c3ccccc31)c1c(F)c(F)c(F)c(F)c12. The van der Waals surface area contributed by atoms with Crippen LogP contribution in [0.4, 0.5) is 17.6 Å². The second-order valence-electron chi connectivity index (χ2n) is 7.37. The molecule has 0 atom stereocenters. The Kier molecular flexibility index (Phi) is 3.43. The van der Waals surface area contributed by atoms with Gasteiger partial charge in [-0.3, -0.25) is 0 Å². The van der Waals surface area contributed by atoms with E-state index in [1.54, 1.807) is 0 Å². The summed E-state index contributed by atoms with van der Waals surface area (Å²) < 4.78 is 59.1. The van der Waals surface area contributed by atoms with Gasteiger partial charge in [-0.15, -0.1) is 0 Å². The molecular weight excluding hydrogens is 364 g/mol. The summed E-state index contributed by atoms with van der Waals surface area (Å²) in [6.07, 6.45) is 1.82. The zero-order valence-corrected chi connectivity index (χ0v) is 15.3. The van der Waals surface area contributed by atoms with E-state index in [1.165, 1.54) is 0 Å². The van der Waals surface area contributed by atoms with Crippen LogP contribution in [-0.2, 0) is 5.41 Å². The van der Waals surface area contributed by atoms with Crippen LogP contribution in [-0.4, -0.2) is 0 Å². The first-order valence-electron chi connectivity index (χ1n) is 9.14. The van der Waals surface area contributed by atoms with Crippen LogP contribution in [0.25, 0.3) is 0 Å². The average molecular weight is 380 g/mol. The Morgan fingerprint density at radius 1 is 0.786 bits per heavy atom. The Morgan fingerprint density at radius 3 is 1.82 bits per heavy atom. The molecule has 140 valence electrons. The molecule has 0 aromatic heterocycles. The molecule has 0 saturated heterocycles. The van der Waals surface area contributed by atoms with Crippen molar-refractivity contribution in [1.29, 1.82) is 0 Å². The van der Waals surface area contributed by atoms with Gasteiger partial charge in [0.2, 0.25) is 0 Å². The maximum atomic E-state index is 15.3. The molecule has 0 unspecified atom stereocenters. The first-order valence-corrected chi connectivity index (χ1v) is 9.14. The van der Waals surface area contributed by atoms with Gasteiger partial charge in [-0.25, -0.2) is 17.6 Å². The summed E-state index contributed by atoms with van der Waals surface area (Å²) in [6, 6.07) is 14.8. The van der Waals surface area contributed by atoms with Crippen LogP contribution in [0.3, 0.4) is 0 Å². The van der Waals surface area contributed by atoms with Crippen molar-refractivity contribution < 1.29 is 17.6 Å². The molecule has 3 aromatic rings. The van der Waals surface area contributed by atoms with Crippen molar-refractivity contribution in [1.82, 2.24) is 0 Å². The van der Waals surface area contributed by atoms with Gasteiger partial charge in [-0.1, -0.05) is 60.2 Å². The van der Waals surface area contributed by atoms with E-state index in [0.29, 0.717) is 0 Å². The van der Waals surface area contributed by atoms with E-state index in [4.69, 9.17) is 0 Å². The maximum Gasteiger partial charge on any atom is 0.197 e. The van der Waals surface area contributed by atoms with Crippen molar-refractivity contribution in [3.05, 3.63) is 117 Å². The molecule has 0 fully saturated rings. The van der Waals surface area contributed by atoms with E-state index in [0.717, 1.165) is 27.8 Å². The quantitative estimate of drug-likeness (QED) is 0.200. The molecule has 3 aliphatic rings. The third-order valence-corrected chi connectivity index (χ3v) is 6.34. The number of allylic oxidation sites excluding steroid dienone is 2. The van der Waals surface area contributed by atoms with Crippen LogP contribution >= 0.6 is 0 Å². The second-order valence-corrected chi connectivity index (χ2v) is 7.37. The lowest BCUT2D eigenvalue weighted by atomic mass is 9.50. The molecule has 6 rings (SSSR count). The summed E-state index contributed by atoms with van der Waals surface area (Å²) >= 11 is 0. The third-order valence-electron chi connectivity index (χ3n) is 6.34. The second kappa shape index (κ2) is 5.57. The summed E-state index contributed by atoms with van der Waals surface area (Å²) in [6.45, 7) is 3.63. The van der Waals surface area contributed by atoms with Crippen LogP contribution in [0.15, 0.2) is 60.2 Å². The Labute approximate surface area is 160 Å². The Hall–Kier alpha value is -2.88. The van der Waals surface area contributed by atoms with Crippen molar-refractivity contribution in [2.24, 2.45) is 0 Å². The molecule has 0 amide bonds. The van der Waals surface area contributed by atoms with Gasteiger partial charge in [0.25, 0.3) is 0 Å². The number of benzene rings is 3. The zero-order chi connectivity index (χ0) is 19.8. The summed E-state index contributed by atoms with van der Waals surface area (Å²) in [5.41, 5.74) is 2.47. The molecule has 28 heavy (non-hydrogen) atoms. The van der Waals surface area contributed by atoms with Crippen LogP contribution in [0.2, 0.25) is 0 Å². The lowest BCUT2D eigenvalue weighted by Crippen LogP contribution is -2.45. The Balaban J connectivity index is 2.10. The fraction of sp³-hybridized carbons (Fsp3) is 0.167. The summed E-state index contributed by atoms with van der Waals surface area (Å²) in [7, 11) is 0. The predicted octanol–water partition coefficient (Wildman–Crippen LogP) is 6.35. The third kappa shape index (κ3) is 1.72. The number of hydrogen-bond donors (Lipinski definition) is 0. The molecule has 4 heteroatoms. The van der Waals surface area contributed by atoms with Gasteiger partial charge in [0.1, 0.15) is 0 Å². The first kappa shape index (κ1) is 17.2. The molecule has 2 bridgehead atoms. The van der Waals surface area contributed by atoms with Gasteiger partial charge < -0.3 is 0 Å². The van der Waals surface area contributed by atoms with E-state index >= 15 is 8.78 Å². The number of hydrogen-bond acceptors (Lipinski definition) is 0. The van der Waals surface area contributed by atoms with Gasteiger partial charge in [0.05, 0.1) is 5.41 Å². The topological polar surface area (TPSA) is 0 Å². The first-order chi connectivity index (χ1) is 13.5. The Bertz CT molecular complexity index is 1140. The van der Waals surface area contributed by atoms with Crippen LogP contribution in [0.1, 0.15) is 53.1 Å². The molecular formula is C24H16F4. The molecule has 3 aliphatic carbocycles. The van der Waals surface area contributed by atoms with Gasteiger partial charge in [-0.2, -0.15) is 0 Å². The molecule has 0 saturated carbocycles. The number of halogens is 4. The highest BCUT2D eigenvalue weighted by Crippen LogP contribution is 2.62. The molecule has 0 nitrogen and oxygen atoms in total. The smallest absolute Gasteiger partial charge is 0.197 e. The van der Waals surface area contributed by atoms with E-state index in [-0.39, 0.29) is 11.1 Å². The molecule has 0 aliphatic heterocycles. The van der Waals surface area contributed by atoms with Crippen LogP contribution < -0.4 is 0 Å². The lowest BCUT2D eigenvalue weighted by Gasteiger charge is -2.51. The minimum Gasteiger partial charge on any atom is -0.203 e. The summed E-state index contributed by atoms with van der Waals surface area (Å²) in [5, 5.41) is 0. The molecule has 0 heterocycles. The maximum absolute atomic E-state index is 15.3. The normalized spacial score (nSPS) is 21.9. The summed E-state index contributed by atoms with van der Waals surface area (Å²) in [4.78, 5) is 0. The van der Waals surface area contributed by atoms with Gasteiger partial charge in [-0.05, 0) is 36.1 Å². The largest absolute Gasteiger partial charge is 0.203 e. The highest BCUT2D eigenvalue weighted by Gasteiger charge is 2.56. The molecule has 0 spiro atoms. The van der Waals surface area contributed by atoms with Gasteiger partial charge >= 0.3 is 0 Å². The minimum absolute atomic E-state index is 0.102. The minimum atomic E-state index is -1.76. The van der Waals surface area contributed by atoms with E-state index < -0.39 is 34.6 Å². The zero-order valence-electron chi connectivity index (χ0n) is 15.3. The number of rotatable bonds is 1. The molecule has 0 N–H and O–H groups in total. The predicted molar refractivity (Wildman–Crippen MR) is 99.4 cm³/mol. The molecule has 3 aromatic carbocycles. The standard InChI is InChI=1S/C24H16F4/c1-3-12(2)24-15-10-6-4-8-13(15)17(14-9-5-7-11-16(14)24)18-19(24)21(26)23(28)22(27)20(18)25/h3-11,17H,1-2H3/b12-3+. The van der Waals surface area contributed by atoms with E-state index in [2.05, 4.69) is 0 Å². The van der Waals surface area contributed by atoms with Gasteiger partial charge in [0, 0.05) is 17.0 Å². The fourth-order valence-electron chi connectivity index (χ4n) is 5.20. The van der Waals surface area contributed by atoms with Crippen molar-refractivity contribution in [3.63, 3.8) is 0 Å². The fourth-order valence-corrected chi connectivity index (χ4v) is 5.20. The van der Waals surface area contributed by atoms with Crippen molar-refractivity contribution in [2.75, 3.05) is 0 Å². The lowest BCUT2D eigenvalue weighted by molar-refractivity contribution is 0.383. The van der Waals surface area contributed by atoms with Crippen molar-refractivity contribution in [2.45, 2.75) is 25.2 Å². The van der Waals surface area contributed by atoms with Crippen molar-refractivity contribution >= 4 is 0 Å².